The summed E-state index contributed by atoms with van der Waals surface area (Å²) in [7, 11) is 0. The monoisotopic (exact) mass is 433 g/mol. The minimum atomic E-state index is -0.434. The molecule has 0 radical (unpaired) electrons. The molecule has 0 bridgehead atoms. The molecule has 0 saturated carbocycles. The third-order valence-electron chi connectivity index (χ3n) is 5.11. The summed E-state index contributed by atoms with van der Waals surface area (Å²) in [6.45, 7) is 4.40. The Labute approximate surface area is 185 Å². The van der Waals surface area contributed by atoms with Crippen molar-refractivity contribution in [2.75, 3.05) is 6.79 Å². The molecule has 0 atom stereocenters. The van der Waals surface area contributed by atoms with E-state index >= 15 is 0 Å². The SMILES string of the molecule is Cc1cc(/C=C(\C#N)C(=O)NCc2ccc3c(c2)OCO3)c(C)n1-c1ccc(Cl)cc1. The summed E-state index contributed by atoms with van der Waals surface area (Å²) in [6.07, 6.45) is 1.61. The van der Waals surface area contributed by atoms with Gasteiger partial charge in [-0.2, -0.15) is 5.26 Å². The molecular formula is C24H20ClN3O3. The molecule has 3 aromatic rings. The van der Waals surface area contributed by atoms with Crippen molar-refractivity contribution in [3.63, 3.8) is 0 Å². The van der Waals surface area contributed by atoms with E-state index in [1.807, 2.05) is 62.4 Å². The zero-order chi connectivity index (χ0) is 22.0. The quantitative estimate of drug-likeness (QED) is 0.467. The average molecular weight is 434 g/mol. The molecule has 1 aliphatic rings. The molecule has 1 aromatic heterocycles. The van der Waals surface area contributed by atoms with E-state index in [-0.39, 0.29) is 18.9 Å². The summed E-state index contributed by atoms with van der Waals surface area (Å²) in [6, 6.07) is 16.9. The highest BCUT2D eigenvalue weighted by atomic mass is 35.5. The summed E-state index contributed by atoms with van der Waals surface area (Å²) < 4.78 is 12.7. The molecule has 156 valence electrons. The van der Waals surface area contributed by atoms with Crippen molar-refractivity contribution in [1.82, 2.24) is 9.88 Å². The Morgan fingerprint density at radius 2 is 1.90 bits per heavy atom. The van der Waals surface area contributed by atoms with Gasteiger partial charge in [0.1, 0.15) is 11.6 Å². The lowest BCUT2D eigenvalue weighted by atomic mass is 10.1. The van der Waals surface area contributed by atoms with E-state index in [2.05, 4.69) is 9.88 Å². The first-order chi connectivity index (χ1) is 15.0. The first-order valence-electron chi connectivity index (χ1n) is 9.69. The van der Waals surface area contributed by atoms with Crippen molar-refractivity contribution < 1.29 is 14.3 Å². The third-order valence-corrected chi connectivity index (χ3v) is 5.36. The smallest absolute Gasteiger partial charge is 0.262 e. The second-order valence-corrected chi connectivity index (χ2v) is 7.61. The van der Waals surface area contributed by atoms with Gasteiger partial charge in [0, 0.05) is 28.6 Å². The predicted molar refractivity (Wildman–Crippen MR) is 118 cm³/mol. The molecule has 0 aliphatic carbocycles. The zero-order valence-electron chi connectivity index (χ0n) is 17.1. The highest BCUT2D eigenvalue weighted by Gasteiger charge is 2.16. The van der Waals surface area contributed by atoms with Crippen LogP contribution >= 0.6 is 11.6 Å². The minimum absolute atomic E-state index is 0.0390. The first-order valence-corrected chi connectivity index (χ1v) is 10.1. The number of nitrogens with one attached hydrogen (secondary N) is 1. The summed E-state index contributed by atoms with van der Waals surface area (Å²) in [5.74, 6) is 0.901. The number of aromatic nitrogens is 1. The first kappa shape index (κ1) is 20.6. The Bertz CT molecular complexity index is 1220. The lowest BCUT2D eigenvalue weighted by Gasteiger charge is -2.09. The molecule has 0 unspecified atom stereocenters. The maximum atomic E-state index is 12.6. The molecular weight excluding hydrogens is 414 g/mol. The average Bonchev–Trinajstić information content (AvgIpc) is 3.34. The lowest BCUT2D eigenvalue weighted by Crippen LogP contribution is -2.23. The molecule has 1 amide bonds. The maximum Gasteiger partial charge on any atom is 0.262 e. The number of benzene rings is 2. The topological polar surface area (TPSA) is 76.3 Å². The van der Waals surface area contributed by atoms with Crippen LogP contribution in [0.15, 0.2) is 54.1 Å². The summed E-state index contributed by atoms with van der Waals surface area (Å²) in [5, 5.41) is 13.0. The number of hydrogen-bond acceptors (Lipinski definition) is 4. The fraction of sp³-hybridized carbons (Fsp3) is 0.167. The number of carbonyl (C=O) groups excluding carboxylic acids is 1. The Morgan fingerprint density at radius 3 is 2.65 bits per heavy atom. The minimum Gasteiger partial charge on any atom is -0.454 e. The van der Waals surface area contributed by atoms with E-state index in [9.17, 15) is 10.1 Å². The standard InChI is InChI=1S/C24H20ClN3O3/c1-15-9-18(16(2)28(15)21-6-4-20(25)5-7-21)11-19(12-26)24(29)27-13-17-3-8-22-23(10-17)31-14-30-22/h3-11H,13-14H2,1-2H3,(H,27,29)/b19-11+. The van der Waals surface area contributed by atoms with Crippen molar-refractivity contribution in [3.05, 3.63) is 81.6 Å². The van der Waals surface area contributed by atoms with Crippen LogP contribution in [0.3, 0.4) is 0 Å². The molecule has 4 rings (SSSR count). The van der Waals surface area contributed by atoms with Gasteiger partial charge < -0.3 is 19.4 Å². The van der Waals surface area contributed by atoms with Crippen molar-refractivity contribution in [2.24, 2.45) is 0 Å². The van der Waals surface area contributed by atoms with Crippen LogP contribution in [0.25, 0.3) is 11.8 Å². The van der Waals surface area contributed by atoms with Crippen molar-refractivity contribution >= 4 is 23.6 Å². The van der Waals surface area contributed by atoms with E-state index < -0.39 is 5.91 Å². The van der Waals surface area contributed by atoms with Crippen LogP contribution in [0.1, 0.15) is 22.5 Å². The van der Waals surface area contributed by atoms with Gasteiger partial charge in [-0.1, -0.05) is 17.7 Å². The van der Waals surface area contributed by atoms with E-state index in [0.717, 1.165) is 28.2 Å². The Kier molecular flexibility index (Phi) is 5.70. The number of ether oxygens (including phenoxy) is 2. The molecule has 6 nitrogen and oxygen atoms in total. The molecule has 2 aromatic carbocycles. The number of carbonyl (C=O) groups is 1. The molecule has 31 heavy (non-hydrogen) atoms. The second-order valence-electron chi connectivity index (χ2n) is 7.18. The molecule has 0 spiro atoms. The molecule has 0 fully saturated rings. The summed E-state index contributed by atoms with van der Waals surface area (Å²) in [4.78, 5) is 12.6. The maximum absolute atomic E-state index is 12.6. The van der Waals surface area contributed by atoms with Gasteiger partial charge in [0.2, 0.25) is 6.79 Å². The van der Waals surface area contributed by atoms with Crippen LogP contribution in [-0.4, -0.2) is 17.3 Å². The molecule has 1 N–H and O–H groups in total. The number of fused-ring (bicyclic) bond motifs is 1. The predicted octanol–water partition coefficient (Wildman–Crippen LogP) is 4.70. The van der Waals surface area contributed by atoms with E-state index in [1.54, 1.807) is 12.1 Å². The number of hydrogen-bond donors (Lipinski definition) is 1. The van der Waals surface area contributed by atoms with Crippen molar-refractivity contribution in [2.45, 2.75) is 20.4 Å². The fourth-order valence-electron chi connectivity index (χ4n) is 3.55. The Hall–Kier alpha value is -3.69. The van der Waals surface area contributed by atoms with Gasteiger partial charge in [0.05, 0.1) is 0 Å². The molecule has 2 heterocycles. The number of aryl methyl sites for hydroxylation is 1. The van der Waals surface area contributed by atoms with Crippen LogP contribution in [0.4, 0.5) is 0 Å². The fourth-order valence-corrected chi connectivity index (χ4v) is 3.68. The highest BCUT2D eigenvalue weighted by Crippen LogP contribution is 2.32. The lowest BCUT2D eigenvalue weighted by molar-refractivity contribution is -0.117. The van der Waals surface area contributed by atoms with Gasteiger partial charge in [-0.25, -0.2) is 0 Å². The van der Waals surface area contributed by atoms with Gasteiger partial charge in [-0.15, -0.1) is 0 Å². The summed E-state index contributed by atoms with van der Waals surface area (Å²) >= 11 is 6.00. The van der Waals surface area contributed by atoms with Crippen molar-refractivity contribution in [1.29, 1.82) is 5.26 Å². The van der Waals surface area contributed by atoms with Gasteiger partial charge in [-0.05, 0) is 73.5 Å². The van der Waals surface area contributed by atoms with Gasteiger partial charge in [-0.3, -0.25) is 4.79 Å². The highest BCUT2D eigenvalue weighted by molar-refractivity contribution is 6.30. The molecule has 0 saturated heterocycles. The van der Waals surface area contributed by atoms with Crippen LogP contribution < -0.4 is 14.8 Å². The van der Waals surface area contributed by atoms with Crippen molar-refractivity contribution in [3.8, 4) is 23.3 Å². The van der Waals surface area contributed by atoms with E-state index in [4.69, 9.17) is 21.1 Å². The Balaban J connectivity index is 1.53. The number of halogens is 1. The molecule has 1 aliphatic heterocycles. The van der Waals surface area contributed by atoms with Gasteiger partial charge in [0.25, 0.3) is 5.91 Å². The number of amides is 1. The van der Waals surface area contributed by atoms with E-state index in [1.165, 1.54) is 0 Å². The summed E-state index contributed by atoms with van der Waals surface area (Å²) in [5.41, 5.74) is 4.58. The number of rotatable bonds is 5. The van der Waals surface area contributed by atoms with E-state index in [0.29, 0.717) is 16.5 Å². The zero-order valence-corrected chi connectivity index (χ0v) is 17.9. The second kappa shape index (κ2) is 8.58. The van der Waals surface area contributed by atoms with Crippen LogP contribution in [-0.2, 0) is 11.3 Å². The normalized spacial score (nSPS) is 12.5. The van der Waals surface area contributed by atoms with Crippen LogP contribution in [0.2, 0.25) is 5.02 Å². The number of nitrogens with zero attached hydrogens (tertiary/aromatic N) is 2. The van der Waals surface area contributed by atoms with Crippen LogP contribution in [0.5, 0.6) is 11.5 Å². The Morgan fingerprint density at radius 1 is 1.16 bits per heavy atom. The van der Waals surface area contributed by atoms with Gasteiger partial charge in [0.15, 0.2) is 11.5 Å². The van der Waals surface area contributed by atoms with Gasteiger partial charge >= 0.3 is 0 Å². The number of nitriles is 1. The van der Waals surface area contributed by atoms with Crippen LogP contribution in [0, 0.1) is 25.2 Å². The largest absolute Gasteiger partial charge is 0.454 e. The third kappa shape index (κ3) is 4.27. The molecule has 7 heteroatoms.